The van der Waals surface area contributed by atoms with Gasteiger partial charge in [-0.05, 0) is 18.2 Å². The van der Waals surface area contributed by atoms with Crippen molar-refractivity contribution in [3.63, 3.8) is 0 Å². The third-order valence-corrected chi connectivity index (χ3v) is 7.48. The number of rotatable bonds is 2. The fourth-order valence-electron chi connectivity index (χ4n) is 1.63. The van der Waals surface area contributed by atoms with Crippen LogP contribution in [0, 0.1) is 0 Å². The van der Waals surface area contributed by atoms with Crippen LogP contribution in [0.1, 0.15) is 6.42 Å². The predicted octanol–water partition coefficient (Wildman–Crippen LogP) is 4.21. The zero-order valence-electron chi connectivity index (χ0n) is 8.62. The Morgan fingerprint density at radius 3 is 2.00 bits per heavy atom. The fraction of sp³-hybridized carbons (Fsp3) is 0.556. The highest BCUT2D eigenvalue weighted by molar-refractivity contribution is 7.48. The SMILES string of the molecule is C[Si](C)(C)C1=C([Si](C)(Cl)Cl)C=CC1. The molecule has 0 aromatic carbocycles. The standard InChI is InChI=1S/C9H16Cl2Si2/c1-12(2,3)8-6-5-7-9(8)13(4,10)11/h5,7H,6H2,1-4H3. The van der Waals surface area contributed by atoms with E-state index in [1.807, 2.05) is 6.55 Å². The van der Waals surface area contributed by atoms with Crippen LogP contribution in [0.5, 0.6) is 0 Å². The van der Waals surface area contributed by atoms with Gasteiger partial charge in [-0.3, -0.25) is 0 Å². The molecule has 0 saturated heterocycles. The minimum Gasteiger partial charge on any atom is -0.140 e. The molecular formula is C9H16Cl2Si2. The fourth-order valence-corrected chi connectivity index (χ4v) is 7.70. The number of hydrogen-bond donors (Lipinski definition) is 0. The first-order valence-corrected chi connectivity index (χ1v) is 12.5. The molecule has 0 nitrogen and oxygen atoms in total. The second-order valence-corrected chi connectivity index (χ2v) is 17.2. The molecule has 0 amide bonds. The summed E-state index contributed by atoms with van der Waals surface area (Å²) in [6.45, 7) is 6.91. The normalized spacial score (nSPS) is 18.6. The van der Waals surface area contributed by atoms with Crippen molar-refractivity contribution in [1.29, 1.82) is 0 Å². The van der Waals surface area contributed by atoms with Crippen LogP contribution in [0.3, 0.4) is 0 Å². The first kappa shape index (κ1) is 11.6. The van der Waals surface area contributed by atoms with E-state index >= 15 is 0 Å². The summed E-state index contributed by atoms with van der Waals surface area (Å²) in [5.74, 6) is 0. The summed E-state index contributed by atoms with van der Waals surface area (Å²) < 4.78 is 0. The largest absolute Gasteiger partial charge is 0.277 e. The van der Waals surface area contributed by atoms with Gasteiger partial charge < -0.3 is 0 Å². The molecular weight excluding hydrogens is 235 g/mol. The van der Waals surface area contributed by atoms with Gasteiger partial charge in [0.25, 0.3) is 6.69 Å². The maximum Gasteiger partial charge on any atom is 0.277 e. The van der Waals surface area contributed by atoms with Crippen molar-refractivity contribution < 1.29 is 0 Å². The Hall–Kier alpha value is 0.494. The highest BCUT2D eigenvalue weighted by Gasteiger charge is 2.34. The molecule has 0 heterocycles. The minimum absolute atomic E-state index is 1.08. The molecule has 0 radical (unpaired) electrons. The van der Waals surface area contributed by atoms with Crippen LogP contribution in [0.2, 0.25) is 26.2 Å². The molecule has 0 spiro atoms. The summed E-state index contributed by atoms with van der Waals surface area (Å²) in [6.07, 6.45) is 5.41. The highest BCUT2D eigenvalue weighted by atomic mass is 35.7. The third kappa shape index (κ3) is 2.72. The van der Waals surface area contributed by atoms with E-state index in [0.29, 0.717) is 0 Å². The summed E-state index contributed by atoms with van der Waals surface area (Å²) in [6, 6.07) is 0. The van der Waals surface area contributed by atoms with Crippen molar-refractivity contribution in [2.24, 2.45) is 0 Å². The minimum atomic E-state index is -2.13. The van der Waals surface area contributed by atoms with Gasteiger partial charge in [-0.2, -0.15) is 0 Å². The second-order valence-electron chi connectivity index (χ2n) is 4.64. The van der Waals surface area contributed by atoms with Crippen LogP contribution in [-0.2, 0) is 0 Å². The summed E-state index contributed by atoms with van der Waals surface area (Å²) >= 11 is 12.5. The zero-order valence-corrected chi connectivity index (χ0v) is 12.1. The zero-order chi connectivity index (χ0) is 10.3. The van der Waals surface area contributed by atoms with E-state index in [9.17, 15) is 0 Å². The molecule has 0 atom stereocenters. The Morgan fingerprint density at radius 1 is 1.15 bits per heavy atom. The van der Waals surface area contributed by atoms with Gasteiger partial charge in [0.2, 0.25) is 0 Å². The van der Waals surface area contributed by atoms with Crippen LogP contribution in [0.15, 0.2) is 22.5 Å². The van der Waals surface area contributed by atoms with E-state index in [1.54, 1.807) is 5.20 Å². The molecule has 0 aromatic heterocycles. The van der Waals surface area contributed by atoms with Gasteiger partial charge in [-0.15, -0.1) is 22.2 Å². The Balaban J connectivity index is 3.10. The lowest BCUT2D eigenvalue weighted by Gasteiger charge is -2.23. The predicted molar refractivity (Wildman–Crippen MR) is 67.5 cm³/mol. The van der Waals surface area contributed by atoms with E-state index in [4.69, 9.17) is 22.2 Å². The van der Waals surface area contributed by atoms with Crippen LogP contribution >= 0.6 is 22.2 Å². The topological polar surface area (TPSA) is 0 Å². The van der Waals surface area contributed by atoms with Gasteiger partial charge in [0.05, 0.1) is 8.07 Å². The molecule has 4 heteroatoms. The lowest BCUT2D eigenvalue weighted by molar-refractivity contribution is 1.35. The van der Waals surface area contributed by atoms with Gasteiger partial charge in [0.1, 0.15) is 0 Å². The molecule has 1 rings (SSSR count). The number of hydrogen-bond acceptors (Lipinski definition) is 0. The van der Waals surface area contributed by atoms with Crippen LogP contribution < -0.4 is 0 Å². The van der Waals surface area contributed by atoms with Crippen molar-refractivity contribution in [2.75, 3.05) is 0 Å². The van der Waals surface area contributed by atoms with Crippen LogP contribution in [0.4, 0.5) is 0 Å². The van der Waals surface area contributed by atoms with Crippen molar-refractivity contribution >= 4 is 36.9 Å². The first-order valence-electron chi connectivity index (χ1n) is 4.51. The highest BCUT2D eigenvalue weighted by Crippen LogP contribution is 2.36. The molecule has 13 heavy (non-hydrogen) atoms. The molecule has 0 aromatic rings. The number of allylic oxidation sites excluding steroid dienone is 4. The summed E-state index contributed by atoms with van der Waals surface area (Å²) in [5.41, 5.74) is 0. The molecule has 74 valence electrons. The van der Waals surface area contributed by atoms with Gasteiger partial charge in [0, 0.05) is 0 Å². The summed E-state index contributed by atoms with van der Waals surface area (Å²) in [4.78, 5) is 0. The lowest BCUT2D eigenvalue weighted by Crippen LogP contribution is -2.29. The van der Waals surface area contributed by atoms with E-state index in [1.165, 1.54) is 5.20 Å². The quantitative estimate of drug-likeness (QED) is 0.509. The van der Waals surface area contributed by atoms with E-state index in [2.05, 4.69) is 31.8 Å². The van der Waals surface area contributed by atoms with E-state index < -0.39 is 14.8 Å². The van der Waals surface area contributed by atoms with Gasteiger partial charge in [-0.25, -0.2) is 0 Å². The molecule has 1 aliphatic rings. The summed E-state index contributed by atoms with van der Waals surface area (Å²) in [7, 11) is -1.21. The second kappa shape index (κ2) is 3.57. The molecule has 0 saturated carbocycles. The molecule has 0 unspecified atom stereocenters. The molecule has 0 aliphatic heterocycles. The lowest BCUT2D eigenvalue weighted by atomic mass is 10.5. The smallest absolute Gasteiger partial charge is 0.140 e. The van der Waals surface area contributed by atoms with Crippen LogP contribution in [-0.4, -0.2) is 14.8 Å². The molecule has 0 bridgehead atoms. The maximum absolute atomic E-state index is 6.26. The molecule has 1 aliphatic carbocycles. The van der Waals surface area contributed by atoms with E-state index in [0.717, 1.165) is 6.42 Å². The Morgan fingerprint density at radius 2 is 1.69 bits per heavy atom. The van der Waals surface area contributed by atoms with Gasteiger partial charge in [-0.1, -0.05) is 37.0 Å². The Bertz CT molecular complexity index is 266. The van der Waals surface area contributed by atoms with Crippen molar-refractivity contribution in [2.45, 2.75) is 32.6 Å². The van der Waals surface area contributed by atoms with Crippen LogP contribution in [0.25, 0.3) is 0 Å². The monoisotopic (exact) mass is 250 g/mol. The van der Waals surface area contributed by atoms with Crippen molar-refractivity contribution in [3.8, 4) is 0 Å². The van der Waals surface area contributed by atoms with Crippen molar-refractivity contribution in [1.82, 2.24) is 0 Å². The Labute approximate surface area is 92.1 Å². The molecule has 0 N–H and O–H groups in total. The third-order valence-electron chi connectivity index (χ3n) is 2.31. The average molecular weight is 251 g/mol. The van der Waals surface area contributed by atoms with E-state index in [-0.39, 0.29) is 0 Å². The molecule has 0 fully saturated rings. The Kier molecular flexibility index (Phi) is 3.18. The van der Waals surface area contributed by atoms with Gasteiger partial charge in [0.15, 0.2) is 0 Å². The average Bonchev–Trinajstić information content (AvgIpc) is 2.27. The van der Waals surface area contributed by atoms with Crippen molar-refractivity contribution in [3.05, 3.63) is 22.5 Å². The first-order chi connectivity index (χ1) is 5.73. The summed E-state index contributed by atoms with van der Waals surface area (Å²) in [5, 5.41) is 2.82. The van der Waals surface area contributed by atoms with Gasteiger partial charge >= 0.3 is 0 Å². The maximum atomic E-state index is 6.26. The number of halogens is 2.